The molecule has 2 aromatic rings. The molecule has 0 aromatic heterocycles. The lowest BCUT2D eigenvalue weighted by Crippen LogP contribution is -2.41. The number of benzene rings is 2. The van der Waals surface area contributed by atoms with Crippen molar-refractivity contribution in [2.45, 2.75) is 26.4 Å². The molecule has 1 heterocycles. The number of amides is 2. The van der Waals surface area contributed by atoms with Crippen LogP contribution in [-0.4, -0.2) is 71.6 Å². The molecule has 0 saturated carbocycles. The van der Waals surface area contributed by atoms with Crippen molar-refractivity contribution in [2.75, 3.05) is 45.1 Å². The maximum atomic E-state index is 13.1. The van der Waals surface area contributed by atoms with Crippen molar-refractivity contribution in [2.24, 2.45) is 0 Å². The Bertz CT molecular complexity index is 888. The molecule has 166 valence electrons. The Morgan fingerprint density at radius 1 is 1.10 bits per heavy atom. The predicted octanol–water partition coefficient (Wildman–Crippen LogP) is 3.12. The summed E-state index contributed by atoms with van der Waals surface area (Å²) in [6.07, 6.45) is 0.0236. The van der Waals surface area contributed by atoms with E-state index in [0.717, 1.165) is 37.3 Å². The Kier molecular flexibility index (Phi) is 7.89. The van der Waals surface area contributed by atoms with Crippen molar-refractivity contribution in [3.05, 3.63) is 65.2 Å². The van der Waals surface area contributed by atoms with E-state index in [9.17, 15) is 9.59 Å². The van der Waals surface area contributed by atoms with Gasteiger partial charge in [-0.15, -0.1) is 0 Å². The molecule has 1 aliphatic rings. The zero-order valence-electron chi connectivity index (χ0n) is 18.4. The Balaban J connectivity index is 1.68. The maximum Gasteiger partial charge on any atom is 0.407 e. The maximum absolute atomic E-state index is 13.1. The van der Waals surface area contributed by atoms with Gasteiger partial charge in [0.25, 0.3) is 0 Å². The van der Waals surface area contributed by atoms with Gasteiger partial charge in [0.2, 0.25) is 5.91 Å². The molecule has 31 heavy (non-hydrogen) atoms. The lowest BCUT2D eigenvalue weighted by molar-refractivity contribution is -0.130. The highest BCUT2D eigenvalue weighted by Gasteiger charge is 2.20. The van der Waals surface area contributed by atoms with Gasteiger partial charge in [0.15, 0.2) is 0 Å². The molecule has 1 aliphatic heterocycles. The summed E-state index contributed by atoms with van der Waals surface area (Å²) in [6.45, 7) is 6.36. The number of rotatable bonds is 9. The Morgan fingerprint density at radius 3 is 2.58 bits per heavy atom. The molecule has 0 bridgehead atoms. The molecule has 0 fully saturated rings. The van der Waals surface area contributed by atoms with E-state index in [0.29, 0.717) is 13.1 Å². The van der Waals surface area contributed by atoms with Gasteiger partial charge in [-0.05, 0) is 35.7 Å². The van der Waals surface area contributed by atoms with Crippen LogP contribution in [0.5, 0.6) is 0 Å². The molecule has 7 nitrogen and oxygen atoms in total. The van der Waals surface area contributed by atoms with Gasteiger partial charge in [0, 0.05) is 45.5 Å². The number of hydrogen-bond acceptors (Lipinski definition) is 4. The third kappa shape index (κ3) is 6.21. The fourth-order valence-corrected chi connectivity index (χ4v) is 3.82. The summed E-state index contributed by atoms with van der Waals surface area (Å²) in [5.74, 6) is -0.0524. The number of hydrogen-bond donors (Lipinski definition) is 2. The highest BCUT2D eigenvalue weighted by Crippen LogP contribution is 2.26. The Hall–Kier alpha value is -3.06. The Morgan fingerprint density at radius 2 is 1.87 bits per heavy atom. The smallest absolute Gasteiger partial charge is 0.407 e. The monoisotopic (exact) mass is 424 g/mol. The normalized spacial score (nSPS) is 13.4. The zero-order valence-corrected chi connectivity index (χ0v) is 18.4. The fraction of sp³-hybridized carbons (Fsp3) is 0.417. The molecule has 0 aliphatic carbocycles. The SMILES string of the molecule is CCN1CCc2cccc(NCC(=O)N(CCN(C)C(=O)O)Cc3ccccc3)c2C1. The number of likely N-dealkylation sites (N-methyl/N-ethyl adjacent to an activating group) is 2. The quantitative estimate of drug-likeness (QED) is 0.647. The average molecular weight is 425 g/mol. The van der Waals surface area contributed by atoms with E-state index in [-0.39, 0.29) is 19.0 Å². The summed E-state index contributed by atoms with van der Waals surface area (Å²) in [5.41, 5.74) is 4.63. The number of nitrogens with one attached hydrogen (secondary N) is 1. The molecule has 0 atom stereocenters. The number of anilines is 1. The van der Waals surface area contributed by atoms with Crippen LogP contribution in [0, 0.1) is 0 Å². The van der Waals surface area contributed by atoms with E-state index in [1.807, 2.05) is 42.5 Å². The molecular formula is C24H32N4O3. The standard InChI is InChI=1S/C24H32N4O3/c1-3-27-13-12-20-10-7-11-22(21(20)18-27)25-16-23(29)28(15-14-26(2)24(30)31)17-19-8-5-4-6-9-19/h4-11,25H,3,12-18H2,1-2H3,(H,30,31). The van der Waals surface area contributed by atoms with Gasteiger partial charge in [-0.1, -0.05) is 49.4 Å². The molecule has 0 unspecified atom stereocenters. The lowest BCUT2D eigenvalue weighted by Gasteiger charge is -2.30. The van der Waals surface area contributed by atoms with E-state index in [2.05, 4.69) is 23.2 Å². The second-order valence-corrected chi connectivity index (χ2v) is 7.92. The molecule has 2 N–H and O–H groups in total. The van der Waals surface area contributed by atoms with Gasteiger partial charge in [-0.3, -0.25) is 9.69 Å². The van der Waals surface area contributed by atoms with Crippen LogP contribution in [0.4, 0.5) is 10.5 Å². The largest absolute Gasteiger partial charge is 0.465 e. The zero-order chi connectivity index (χ0) is 22.2. The molecule has 0 saturated heterocycles. The number of carboxylic acid groups (broad SMARTS) is 1. The van der Waals surface area contributed by atoms with Gasteiger partial charge in [0.1, 0.15) is 0 Å². The first kappa shape index (κ1) is 22.6. The number of fused-ring (bicyclic) bond motifs is 1. The van der Waals surface area contributed by atoms with Gasteiger partial charge in [-0.25, -0.2) is 4.79 Å². The summed E-state index contributed by atoms with van der Waals surface area (Å²) < 4.78 is 0. The highest BCUT2D eigenvalue weighted by molar-refractivity contribution is 5.81. The van der Waals surface area contributed by atoms with Crippen LogP contribution in [0.3, 0.4) is 0 Å². The van der Waals surface area contributed by atoms with Crippen LogP contribution >= 0.6 is 0 Å². The van der Waals surface area contributed by atoms with E-state index in [1.54, 1.807) is 4.90 Å². The van der Waals surface area contributed by atoms with Crippen molar-refractivity contribution in [3.63, 3.8) is 0 Å². The summed E-state index contributed by atoms with van der Waals surface area (Å²) >= 11 is 0. The van der Waals surface area contributed by atoms with Crippen LogP contribution in [0.25, 0.3) is 0 Å². The fourth-order valence-electron chi connectivity index (χ4n) is 3.82. The van der Waals surface area contributed by atoms with Crippen LogP contribution in [0.2, 0.25) is 0 Å². The second-order valence-electron chi connectivity index (χ2n) is 7.92. The molecule has 7 heteroatoms. The first-order chi connectivity index (χ1) is 15.0. The van der Waals surface area contributed by atoms with Crippen LogP contribution in [-0.2, 0) is 24.3 Å². The minimum atomic E-state index is -0.998. The number of carbonyl (C=O) groups excluding carboxylic acids is 1. The molecular weight excluding hydrogens is 392 g/mol. The van der Waals surface area contributed by atoms with E-state index in [4.69, 9.17) is 5.11 Å². The van der Waals surface area contributed by atoms with Crippen molar-refractivity contribution >= 4 is 17.7 Å². The molecule has 2 amide bonds. The van der Waals surface area contributed by atoms with E-state index >= 15 is 0 Å². The third-order valence-electron chi connectivity index (χ3n) is 5.83. The summed E-state index contributed by atoms with van der Waals surface area (Å²) in [6, 6.07) is 16.0. The van der Waals surface area contributed by atoms with Crippen molar-refractivity contribution < 1.29 is 14.7 Å². The summed E-state index contributed by atoms with van der Waals surface area (Å²) in [7, 11) is 1.52. The van der Waals surface area contributed by atoms with Crippen molar-refractivity contribution in [1.29, 1.82) is 0 Å². The van der Waals surface area contributed by atoms with Gasteiger partial charge >= 0.3 is 6.09 Å². The topological polar surface area (TPSA) is 76.1 Å². The Labute approximate surface area is 184 Å². The third-order valence-corrected chi connectivity index (χ3v) is 5.83. The van der Waals surface area contributed by atoms with Gasteiger partial charge < -0.3 is 20.2 Å². The number of carbonyl (C=O) groups is 2. The minimum absolute atomic E-state index is 0.0524. The first-order valence-corrected chi connectivity index (χ1v) is 10.8. The van der Waals surface area contributed by atoms with Crippen molar-refractivity contribution in [3.8, 4) is 0 Å². The lowest BCUT2D eigenvalue weighted by atomic mass is 9.98. The van der Waals surface area contributed by atoms with E-state index in [1.165, 1.54) is 23.1 Å². The number of nitrogens with zero attached hydrogens (tertiary/aromatic N) is 3. The van der Waals surface area contributed by atoms with E-state index < -0.39 is 6.09 Å². The predicted molar refractivity (Wildman–Crippen MR) is 122 cm³/mol. The average Bonchev–Trinajstić information content (AvgIpc) is 2.80. The van der Waals surface area contributed by atoms with Gasteiger partial charge in [-0.2, -0.15) is 0 Å². The summed E-state index contributed by atoms with van der Waals surface area (Å²) in [4.78, 5) is 29.5. The molecule has 3 rings (SSSR count). The molecule has 0 radical (unpaired) electrons. The van der Waals surface area contributed by atoms with Crippen molar-refractivity contribution in [1.82, 2.24) is 14.7 Å². The first-order valence-electron chi connectivity index (χ1n) is 10.8. The van der Waals surface area contributed by atoms with Crippen LogP contribution < -0.4 is 5.32 Å². The second kappa shape index (κ2) is 10.8. The minimum Gasteiger partial charge on any atom is -0.465 e. The molecule has 2 aromatic carbocycles. The van der Waals surface area contributed by atoms with Crippen LogP contribution in [0.15, 0.2) is 48.5 Å². The summed E-state index contributed by atoms with van der Waals surface area (Å²) in [5, 5.41) is 12.5. The molecule has 0 spiro atoms. The highest BCUT2D eigenvalue weighted by atomic mass is 16.4. The van der Waals surface area contributed by atoms with Crippen LogP contribution in [0.1, 0.15) is 23.6 Å². The van der Waals surface area contributed by atoms with Gasteiger partial charge in [0.05, 0.1) is 6.54 Å².